The highest BCUT2D eigenvalue weighted by molar-refractivity contribution is 7.98. The van der Waals surface area contributed by atoms with Crippen LogP contribution in [0.4, 0.5) is 0 Å². The molecular formula is C18H15N3OS. The predicted octanol–water partition coefficient (Wildman–Crippen LogP) is 3.46. The number of hydrogen-bond acceptors (Lipinski definition) is 3. The Morgan fingerprint density at radius 3 is 2.78 bits per heavy atom. The van der Waals surface area contributed by atoms with E-state index >= 15 is 0 Å². The summed E-state index contributed by atoms with van der Waals surface area (Å²) >= 11 is 1.67. The van der Waals surface area contributed by atoms with Crippen LogP contribution in [0.15, 0.2) is 65.8 Å². The molecule has 0 bridgehead atoms. The molecule has 0 N–H and O–H groups in total. The van der Waals surface area contributed by atoms with Crippen molar-refractivity contribution in [3.63, 3.8) is 0 Å². The lowest BCUT2D eigenvalue weighted by molar-refractivity contribution is -0.475. The molecule has 2 heterocycles. The van der Waals surface area contributed by atoms with E-state index < -0.39 is 0 Å². The van der Waals surface area contributed by atoms with E-state index in [4.69, 9.17) is 0 Å². The van der Waals surface area contributed by atoms with Crippen LogP contribution in [0.2, 0.25) is 0 Å². The van der Waals surface area contributed by atoms with Crippen LogP contribution in [0.1, 0.15) is 17.0 Å². The minimum atomic E-state index is 0.237. The first-order valence-corrected chi connectivity index (χ1v) is 8.58. The Kier molecular flexibility index (Phi) is 3.42. The molecule has 23 heavy (non-hydrogen) atoms. The van der Waals surface area contributed by atoms with Gasteiger partial charge in [-0.1, -0.05) is 18.2 Å². The minimum Gasteiger partial charge on any atom is -0.623 e. The minimum absolute atomic E-state index is 0.237. The number of fused-ring (bicyclic) bond motifs is 3. The van der Waals surface area contributed by atoms with Gasteiger partial charge in [0.25, 0.3) is 0 Å². The number of aromatic nitrogens is 2. The third-order valence-corrected chi connectivity index (χ3v) is 4.74. The normalized spacial score (nSPS) is 13.4. The molecule has 5 heteroatoms. The third kappa shape index (κ3) is 2.33. The van der Waals surface area contributed by atoms with Crippen LogP contribution in [0, 0.1) is 5.21 Å². The Labute approximate surface area is 138 Å². The molecule has 4 rings (SSSR count). The zero-order valence-corrected chi connectivity index (χ0v) is 13.5. The standard InChI is InChI=1S/C18H15N3OS/c1-23-14-7-8-16-15(11-14)18(13-5-3-2-4-6-13)21(22)12-17-19-9-10-20(16)17/h2-11H,12H2,1H3. The van der Waals surface area contributed by atoms with Gasteiger partial charge in [-0.2, -0.15) is 4.74 Å². The SMILES string of the molecule is CSc1ccc2c(c1)C(c1ccccc1)=[N+]([O-])Cc1nccn1-2. The summed E-state index contributed by atoms with van der Waals surface area (Å²) in [5.41, 5.74) is 3.55. The van der Waals surface area contributed by atoms with Crippen LogP contribution in [0.5, 0.6) is 0 Å². The van der Waals surface area contributed by atoms with Gasteiger partial charge in [-0.15, -0.1) is 11.8 Å². The van der Waals surface area contributed by atoms with Gasteiger partial charge in [-0.3, -0.25) is 4.57 Å². The van der Waals surface area contributed by atoms with Crippen molar-refractivity contribution in [1.29, 1.82) is 0 Å². The maximum atomic E-state index is 12.9. The molecule has 0 aliphatic carbocycles. The summed E-state index contributed by atoms with van der Waals surface area (Å²) in [4.78, 5) is 5.47. The number of rotatable bonds is 2. The Morgan fingerprint density at radius 2 is 2.00 bits per heavy atom. The summed E-state index contributed by atoms with van der Waals surface area (Å²) < 4.78 is 3.05. The summed E-state index contributed by atoms with van der Waals surface area (Å²) in [6.07, 6.45) is 5.69. The molecule has 1 aliphatic rings. The first-order chi connectivity index (χ1) is 11.3. The van der Waals surface area contributed by atoms with Crippen molar-refractivity contribution in [2.75, 3.05) is 6.26 Å². The van der Waals surface area contributed by atoms with E-state index in [2.05, 4.69) is 23.2 Å². The van der Waals surface area contributed by atoms with Gasteiger partial charge in [0, 0.05) is 22.9 Å². The van der Waals surface area contributed by atoms with Gasteiger partial charge in [0.15, 0.2) is 5.82 Å². The lowest BCUT2D eigenvalue weighted by atomic mass is 10.0. The molecular weight excluding hydrogens is 306 g/mol. The molecule has 0 saturated carbocycles. The van der Waals surface area contributed by atoms with Crippen LogP contribution in [0.25, 0.3) is 5.69 Å². The summed E-state index contributed by atoms with van der Waals surface area (Å²) in [7, 11) is 0. The van der Waals surface area contributed by atoms with Gasteiger partial charge in [-0.25, -0.2) is 4.98 Å². The van der Waals surface area contributed by atoms with Crippen LogP contribution < -0.4 is 0 Å². The maximum absolute atomic E-state index is 12.9. The van der Waals surface area contributed by atoms with E-state index in [9.17, 15) is 5.21 Å². The molecule has 2 aromatic carbocycles. The van der Waals surface area contributed by atoms with E-state index in [-0.39, 0.29) is 6.54 Å². The molecule has 4 nitrogen and oxygen atoms in total. The van der Waals surface area contributed by atoms with Crippen molar-refractivity contribution < 1.29 is 4.74 Å². The maximum Gasteiger partial charge on any atom is 0.228 e. The highest BCUT2D eigenvalue weighted by Gasteiger charge is 2.26. The molecule has 1 aromatic heterocycles. The summed E-state index contributed by atoms with van der Waals surface area (Å²) in [6.45, 7) is 0.237. The topological polar surface area (TPSA) is 43.9 Å². The van der Waals surface area contributed by atoms with Crippen molar-refractivity contribution in [2.24, 2.45) is 0 Å². The average Bonchev–Trinajstić information content (AvgIpc) is 2.99. The number of hydrogen-bond donors (Lipinski definition) is 0. The predicted molar refractivity (Wildman–Crippen MR) is 92.3 cm³/mol. The number of imidazole rings is 1. The zero-order chi connectivity index (χ0) is 15.8. The summed E-state index contributed by atoms with van der Waals surface area (Å²) in [6, 6.07) is 16.1. The van der Waals surface area contributed by atoms with Crippen molar-refractivity contribution >= 4 is 17.5 Å². The van der Waals surface area contributed by atoms with Crippen LogP contribution >= 0.6 is 11.8 Å². The Morgan fingerprint density at radius 1 is 1.17 bits per heavy atom. The molecule has 0 saturated heterocycles. The van der Waals surface area contributed by atoms with E-state index in [0.717, 1.165) is 32.3 Å². The van der Waals surface area contributed by atoms with Crippen LogP contribution in [-0.2, 0) is 6.54 Å². The van der Waals surface area contributed by atoms with Crippen molar-refractivity contribution in [2.45, 2.75) is 11.4 Å². The van der Waals surface area contributed by atoms with E-state index in [0.29, 0.717) is 5.71 Å². The van der Waals surface area contributed by atoms with Gasteiger partial charge in [0.1, 0.15) is 0 Å². The number of nitrogens with zero attached hydrogens (tertiary/aromatic N) is 3. The van der Waals surface area contributed by atoms with Gasteiger partial charge in [-0.05, 0) is 36.6 Å². The number of hydroxylamine groups is 1. The lowest BCUT2D eigenvalue weighted by Crippen LogP contribution is -2.17. The summed E-state index contributed by atoms with van der Waals surface area (Å²) in [5, 5.41) is 12.9. The first-order valence-electron chi connectivity index (χ1n) is 7.36. The first kappa shape index (κ1) is 14.1. The third-order valence-electron chi connectivity index (χ3n) is 4.02. The number of thioether (sulfide) groups is 1. The molecule has 0 spiro atoms. The highest BCUT2D eigenvalue weighted by atomic mass is 32.2. The largest absolute Gasteiger partial charge is 0.623 e. The van der Waals surface area contributed by atoms with Crippen molar-refractivity contribution in [3.05, 3.63) is 83.1 Å². The molecule has 1 aliphatic heterocycles. The quantitative estimate of drug-likeness (QED) is 0.412. The second-order valence-corrected chi connectivity index (χ2v) is 6.23. The second kappa shape index (κ2) is 5.59. The summed E-state index contributed by atoms with van der Waals surface area (Å²) in [5.74, 6) is 0.754. The van der Waals surface area contributed by atoms with Crippen LogP contribution in [0.3, 0.4) is 0 Å². The fourth-order valence-corrected chi connectivity index (χ4v) is 3.39. The fraction of sp³-hybridized carbons (Fsp3) is 0.111. The smallest absolute Gasteiger partial charge is 0.228 e. The van der Waals surface area contributed by atoms with Crippen LogP contribution in [-0.4, -0.2) is 26.3 Å². The Hall–Kier alpha value is -2.53. The average molecular weight is 321 g/mol. The molecule has 0 unspecified atom stereocenters. The molecule has 0 atom stereocenters. The van der Waals surface area contributed by atoms with E-state index in [1.807, 2.05) is 47.4 Å². The lowest BCUT2D eigenvalue weighted by Gasteiger charge is -2.12. The Bertz CT molecular complexity index is 900. The monoisotopic (exact) mass is 321 g/mol. The van der Waals surface area contributed by atoms with Crippen molar-refractivity contribution in [1.82, 2.24) is 9.55 Å². The van der Waals surface area contributed by atoms with E-state index in [1.54, 1.807) is 18.0 Å². The number of benzene rings is 2. The highest BCUT2D eigenvalue weighted by Crippen LogP contribution is 2.28. The van der Waals surface area contributed by atoms with Gasteiger partial charge in [0.2, 0.25) is 12.3 Å². The Balaban J connectivity index is 2.04. The molecule has 114 valence electrons. The fourth-order valence-electron chi connectivity index (χ4n) is 2.95. The van der Waals surface area contributed by atoms with Crippen molar-refractivity contribution in [3.8, 4) is 5.69 Å². The van der Waals surface area contributed by atoms with Gasteiger partial charge in [0.05, 0.1) is 11.3 Å². The van der Waals surface area contributed by atoms with Gasteiger partial charge < -0.3 is 5.21 Å². The zero-order valence-electron chi connectivity index (χ0n) is 12.6. The molecule has 0 amide bonds. The molecule has 0 fully saturated rings. The molecule has 3 aromatic rings. The molecule has 0 radical (unpaired) electrons. The second-order valence-electron chi connectivity index (χ2n) is 5.35. The van der Waals surface area contributed by atoms with E-state index in [1.165, 1.54) is 0 Å². The van der Waals surface area contributed by atoms with Gasteiger partial charge >= 0.3 is 0 Å².